The molecule has 0 saturated carbocycles. The minimum absolute atomic E-state index is 0.00355. The van der Waals surface area contributed by atoms with Crippen LogP contribution < -0.4 is 4.72 Å². The average Bonchev–Trinajstić information content (AvgIpc) is 3.25. The molecule has 0 bridgehead atoms. The van der Waals surface area contributed by atoms with Crippen LogP contribution in [0.4, 0.5) is 0 Å². The zero-order valence-electron chi connectivity index (χ0n) is 16.3. The van der Waals surface area contributed by atoms with Gasteiger partial charge in [-0.05, 0) is 36.6 Å². The summed E-state index contributed by atoms with van der Waals surface area (Å²) in [5, 5.41) is 0. The van der Waals surface area contributed by atoms with Gasteiger partial charge in [0.05, 0.1) is 11.0 Å². The largest absolute Gasteiger partial charge is 0.376 e. The average molecular weight is 415 g/mol. The number of amides is 1. The number of carbonyl (C=O) groups excluding carboxylic acids is 1. The minimum Gasteiger partial charge on any atom is -0.376 e. The highest BCUT2D eigenvalue weighted by molar-refractivity contribution is 7.89. The Morgan fingerprint density at radius 3 is 2.69 bits per heavy atom. The van der Waals surface area contributed by atoms with Crippen LogP contribution in [0.1, 0.15) is 28.8 Å². The molecule has 6 nitrogen and oxygen atoms in total. The van der Waals surface area contributed by atoms with E-state index in [0.717, 1.165) is 18.4 Å². The molecule has 154 valence electrons. The fourth-order valence-corrected chi connectivity index (χ4v) is 4.33. The van der Waals surface area contributed by atoms with Gasteiger partial charge in [-0.1, -0.05) is 42.5 Å². The molecule has 1 saturated heterocycles. The molecule has 0 aromatic heterocycles. The van der Waals surface area contributed by atoms with Crippen LogP contribution in [0.2, 0.25) is 0 Å². The Labute approximate surface area is 172 Å². The maximum absolute atomic E-state index is 13.3. The molecule has 0 spiro atoms. The van der Waals surface area contributed by atoms with Crippen LogP contribution in [0.3, 0.4) is 0 Å². The molecule has 1 heterocycles. The predicted octanol–water partition coefficient (Wildman–Crippen LogP) is 2.97. The second-order valence-electron chi connectivity index (χ2n) is 6.97. The van der Waals surface area contributed by atoms with Crippen LogP contribution in [0.5, 0.6) is 0 Å². The molecular formula is C22H26N2O4S. The van der Waals surface area contributed by atoms with Gasteiger partial charge in [-0.15, -0.1) is 6.58 Å². The van der Waals surface area contributed by atoms with Crippen LogP contribution in [-0.2, 0) is 21.3 Å². The Morgan fingerprint density at radius 1 is 1.21 bits per heavy atom. The van der Waals surface area contributed by atoms with Gasteiger partial charge in [0, 0.05) is 31.8 Å². The Balaban J connectivity index is 1.84. The Morgan fingerprint density at radius 2 is 2.00 bits per heavy atom. The third-order valence-electron chi connectivity index (χ3n) is 4.76. The number of nitrogens with zero attached hydrogens (tertiary/aromatic N) is 1. The molecule has 1 fully saturated rings. The number of ether oxygens (including phenoxy) is 1. The van der Waals surface area contributed by atoms with Crippen LogP contribution in [0, 0.1) is 0 Å². The minimum atomic E-state index is -3.70. The first-order chi connectivity index (χ1) is 14.0. The molecule has 29 heavy (non-hydrogen) atoms. The van der Waals surface area contributed by atoms with Crippen molar-refractivity contribution in [3.8, 4) is 0 Å². The van der Waals surface area contributed by atoms with Gasteiger partial charge in [0.2, 0.25) is 10.0 Å². The fourth-order valence-electron chi connectivity index (χ4n) is 3.29. The van der Waals surface area contributed by atoms with Crippen molar-refractivity contribution in [3.63, 3.8) is 0 Å². The van der Waals surface area contributed by atoms with E-state index in [1.807, 2.05) is 30.3 Å². The summed E-state index contributed by atoms with van der Waals surface area (Å²) < 4.78 is 33.0. The maximum atomic E-state index is 13.3. The van der Waals surface area contributed by atoms with Gasteiger partial charge in [0.15, 0.2) is 0 Å². The van der Waals surface area contributed by atoms with Gasteiger partial charge < -0.3 is 9.64 Å². The smallest absolute Gasteiger partial charge is 0.254 e. The van der Waals surface area contributed by atoms with Crippen molar-refractivity contribution in [1.82, 2.24) is 9.62 Å². The molecular weight excluding hydrogens is 388 g/mol. The van der Waals surface area contributed by atoms with Crippen LogP contribution in [0.25, 0.3) is 0 Å². The zero-order chi connectivity index (χ0) is 20.7. The second kappa shape index (κ2) is 9.82. The summed E-state index contributed by atoms with van der Waals surface area (Å²) in [4.78, 5) is 15.1. The van der Waals surface area contributed by atoms with E-state index < -0.39 is 10.0 Å². The van der Waals surface area contributed by atoms with E-state index in [2.05, 4.69) is 11.3 Å². The number of rotatable bonds is 9. The summed E-state index contributed by atoms with van der Waals surface area (Å²) in [6.07, 6.45) is 3.37. The van der Waals surface area contributed by atoms with E-state index in [4.69, 9.17) is 4.74 Å². The lowest BCUT2D eigenvalue weighted by molar-refractivity contribution is 0.0507. The lowest BCUT2D eigenvalue weighted by Gasteiger charge is -2.26. The van der Waals surface area contributed by atoms with E-state index >= 15 is 0 Å². The van der Waals surface area contributed by atoms with E-state index in [-0.39, 0.29) is 23.5 Å². The molecule has 7 heteroatoms. The standard InChI is InChI=1S/C22H26N2O4S/c1-2-13-23-29(26,27)21-12-6-10-19(15-21)22(25)24(17-20-11-7-14-28-20)16-18-8-4-3-5-9-18/h2-6,8-10,12,15,20,23H,1,7,11,13-14,16-17H2. The Kier molecular flexibility index (Phi) is 7.19. The van der Waals surface area contributed by atoms with E-state index in [9.17, 15) is 13.2 Å². The third kappa shape index (κ3) is 5.76. The summed E-state index contributed by atoms with van der Waals surface area (Å²) in [5.74, 6) is -0.217. The molecule has 0 radical (unpaired) electrons. The highest BCUT2D eigenvalue weighted by Gasteiger charge is 2.24. The molecule has 1 aliphatic rings. The summed E-state index contributed by atoms with van der Waals surface area (Å²) in [6, 6.07) is 15.9. The summed E-state index contributed by atoms with van der Waals surface area (Å²) >= 11 is 0. The monoisotopic (exact) mass is 414 g/mol. The highest BCUT2D eigenvalue weighted by atomic mass is 32.2. The van der Waals surface area contributed by atoms with Crippen molar-refractivity contribution in [3.05, 3.63) is 78.4 Å². The number of benzene rings is 2. The lowest BCUT2D eigenvalue weighted by atomic mass is 10.1. The Bertz CT molecular complexity index is 938. The molecule has 3 rings (SSSR count). The summed E-state index contributed by atoms with van der Waals surface area (Å²) in [6.45, 7) is 5.26. The van der Waals surface area contributed by atoms with Gasteiger partial charge in [0.25, 0.3) is 5.91 Å². The number of nitrogens with one attached hydrogen (secondary N) is 1. The molecule has 0 aliphatic carbocycles. The van der Waals surface area contributed by atoms with Crippen molar-refractivity contribution in [2.75, 3.05) is 19.7 Å². The molecule has 1 N–H and O–H groups in total. The van der Waals surface area contributed by atoms with Gasteiger partial charge in [-0.3, -0.25) is 4.79 Å². The Hall–Kier alpha value is -2.48. The topological polar surface area (TPSA) is 75.7 Å². The van der Waals surface area contributed by atoms with Crippen molar-refractivity contribution in [2.45, 2.75) is 30.4 Å². The van der Waals surface area contributed by atoms with Crippen molar-refractivity contribution in [2.24, 2.45) is 0 Å². The lowest BCUT2D eigenvalue weighted by Crippen LogP contribution is -2.37. The van der Waals surface area contributed by atoms with Gasteiger partial charge in [-0.2, -0.15) is 0 Å². The normalized spacial score (nSPS) is 16.5. The highest BCUT2D eigenvalue weighted by Crippen LogP contribution is 2.19. The molecule has 1 atom stereocenters. The number of hydrogen-bond acceptors (Lipinski definition) is 4. The van der Waals surface area contributed by atoms with Crippen LogP contribution in [0.15, 0.2) is 72.1 Å². The zero-order valence-corrected chi connectivity index (χ0v) is 17.1. The van der Waals surface area contributed by atoms with Gasteiger partial charge in [0.1, 0.15) is 0 Å². The number of sulfonamides is 1. The first kappa shape index (κ1) is 21.2. The van der Waals surface area contributed by atoms with Crippen LogP contribution in [-0.4, -0.2) is 45.0 Å². The SMILES string of the molecule is C=CCNS(=O)(=O)c1cccc(C(=O)N(Cc2ccccc2)CC2CCCO2)c1. The van der Waals surface area contributed by atoms with Crippen LogP contribution >= 0.6 is 0 Å². The van der Waals surface area contributed by atoms with Crippen molar-refractivity contribution in [1.29, 1.82) is 0 Å². The number of hydrogen-bond donors (Lipinski definition) is 1. The maximum Gasteiger partial charge on any atom is 0.254 e. The quantitative estimate of drug-likeness (QED) is 0.640. The first-order valence-electron chi connectivity index (χ1n) is 9.65. The van der Waals surface area contributed by atoms with Gasteiger partial charge >= 0.3 is 0 Å². The molecule has 1 aliphatic heterocycles. The molecule has 1 amide bonds. The second-order valence-corrected chi connectivity index (χ2v) is 8.74. The van der Waals surface area contributed by atoms with Crippen molar-refractivity contribution >= 4 is 15.9 Å². The van der Waals surface area contributed by atoms with E-state index in [1.165, 1.54) is 18.2 Å². The third-order valence-corrected chi connectivity index (χ3v) is 6.18. The summed E-state index contributed by atoms with van der Waals surface area (Å²) in [7, 11) is -3.70. The molecule has 1 unspecified atom stereocenters. The van der Waals surface area contributed by atoms with E-state index in [0.29, 0.717) is 25.3 Å². The predicted molar refractivity (Wildman–Crippen MR) is 112 cm³/mol. The molecule has 2 aromatic rings. The van der Waals surface area contributed by atoms with Crippen molar-refractivity contribution < 1.29 is 17.9 Å². The van der Waals surface area contributed by atoms with Gasteiger partial charge in [-0.25, -0.2) is 13.1 Å². The first-order valence-corrected chi connectivity index (χ1v) is 11.1. The van der Waals surface area contributed by atoms with E-state index in [1.54, 1.807) is 17.0 Å². The molecule has 2 aromatic carbocycles. The summed E-state index contributed by atoms with van der Waals surface area (Å²) in [5.41, 5.74) is 1.34. The fraction of sp³-hybridized carbons (Fsp3) is 0.318. The number of carbonyl (C=O) groups is 1.